The van der Waals surface area contributed by atoms with Crippen molar-refractivity contribution in [2.45, 2.75) is 25.4 Å². The zero-order valence-electron chi connectivity index (χ0n) is 7.93. The third-order valence-corrected chi connectivity index (χ3v) is 2.18. The van der Waals surface area contributed by atoms with Gasteiger partial charge in [-0.2, -0.15) is 0 Å². The Morgan fingerprint density at radius 3 is 2.64 bits per heavy atom. The molecule has 0 aromatic carbocycles. The SMILES string of the molecule is C[C@@H](NC(=O)C1C=CC(N)C1)C(=O)O. The molecule has 14 heavy (non-hydrogen) atoms. The van der Waals surface area contributed by atoms with E-state index in [1.54, 1.807) is 12.2 Å². The molecule has 5 heteroatoms. The summed E-state index contributed by atoms with van der Waals surface area (Å²) in [5, 5.41) is 11.0. The Morgan fingerprint density at radius 1 is 1.57 bits per heavy atom. The summed E-state index contributed by atoms with van der Waals surface area (Å²) in [7, 11) is 0. The molecule has 0 radical (unpaired) electrons. The molecule has 5 nitrogen and oxygen atoms in total. The number of nitrogens with two attached hydrogens (primary N) is 1. The van der Waals surface area contributed by atoms with Gasteiger partial charge in [-0.3, -0.25) is 9.59 Å². The third-order valence-electron chi connectivity index (χ3n) is 2.18. The maximum Gasteiger partial charge on any atom is 0.325 e. The first-order chi connectivity index (χ1) is 6.50. The van der Waals surface area contributed by atoms with Crippen LogP contribution in [0.25, 0.3) is 0 Å². The molecule has 3 atom stereocenters. The summed E-state index contributed by atoms with van der Waals surface area (Å²) in [6.07, 6.45) is 4.03. The van der Waals surface area contributed by atoms with Crippen LogP contribution < -0.4 is 11.1 Å². The molecular weight excluding hydrogens is 184 g/mol. The lowest BCUT2D eigenvalue weighted by Crippen LogP contribution is -2.41. The van der Waals surface area contributed by atoms with Crippen LogP contribution in [0.4, 0.5) is 0 Å². The van der Waals surface area contributed by atoms with Gasteiger partial charge in [0.15, 0.2) is 0 Å². The molecule has 0 spiro atoms. The molecule has 0 saturated carbocycles. The van der Waals surface area contributed by atoms with Crippen molar-refractivity contribution < 1.29 is 14.7 Å². The molecule has 78 valence electrons. The Kier molecular flexibility index (Phi) is 3.24. The maximum absolute atomic E-state index is 11.4. The van der Waals surface area contributed by atoms with Crippen molar-refractivity contribution in [1.29, 1.82) is 0 Å². The molecular formula is C9H14N2O3. The van der Waals surface area contributed by atoms with Crippen molar-refractivity contribution >= 4 is 11.9 Å². The fraction of sp³-hybridized carbons (Fsp3) is 0.556. The van der Waals surface area contributed by atoms with E-state index in [0.29, 0.717) is 6.42 Å². The third kappa shape index (κ3) is 2.56. The molecule has 0 aromatic rings. The molecule has 0 heterocycles. The van der Waals surface area contributed by atoms with Crippen LogP contribution in [0, 0.1) is 5.92 Å². The highest BCUT2D eigenvalue weighted by molar-refractivity contribution is 5.86. The number of aliphatic carboxylic acids is 1. The Morgan fingerprint density at radius 2 is 2.21 bits per heavy atom. The van der Waals surface area contributed by atoms with E-state index in [4.69, 9.17) is 10.8 Å². The Hall–Kier alpha value is -1.36. The minimum Gasteiger partial charge on any atom is -0.480 e. The van der Waals surface area contributed by atoms with Gasteiger partial charge in [0, 0.05) is 6.04 Å². The molecule has 1 aliphatic rings. The first-order valence-corrected chi connectivity index (χ1v) is 4.48. The zero-order chi connectivity index (χ0) is 10.7. The van der Waals surface area contributed by atoms with Gasteiger partial charge in [-0.05, 0) is 13.3 Å². The van der Waals surface area contributed by atoms with Gasteiger partial charge in [0.25, 0.3) is 0 Å². The van der Waals surface area contributed by atoms with Crippen molar-refractivity contribution in [3.8, 4) is 0 Å². The van der Waals surface area contributed by atoms with E-state index in [1.807, 2.05) is 0 Å². The number of hydrogen-bond acceptors (Lipinski definition) is 3. The van der Waals surface area contributed by atoms with Gasteiger partial charge in [0.2, 0.25) is 5.91 Å². The number of carbonyl (C=O) groups excluding carboxylic acids is 1. The Bertz CT molecular complexity index is 275. The summed E-state index contributed by atoms with van der Waals surface area (Å²) >= 11 is 0. The minimum absolute atomic E-state index is 0.0918. The predicted molar refractivity (Wildman–Crippen MR) is 50.5 cm³/mol. The number of carbonyl (C=O) groups is 2. The van der Waals surface area contributed by atoms with Gasteiger partial charge in [-0.1, -0.05) is 12.2 Å². The second kappa shape index (κ2) is 4.23. The molecule has 0 aliphatic heterocycles. The van der Waals surface area contributed by atoms with Crippen LogP contribution in [0.1, 0.15) is 13.3 Å². The summed E-state index contributed by atoms with van der Waals surface area (Å²) in [6.45, 7) is 1.43. The molecule has 0 fully saturated rings. The average molecular weight is 198 g/mol. The van der Waals surface area contributed by atoms with E-state index in [9.17, 15) is 9.59 Å². The molecule has 0 saturated heterocycles. The van der Waals surface area contributed by atoms with Crippen LogP contribution in [-0.2, 0) is 9.59 Å². The molecule has 0 aromatic heterocycles. The molecule has 1 aliphatic carbocycles. The molecule has 1 amide bonds. The molecule has 4 N–H and O–H groups in total. The predicted octanol–water partition coefficient (Wildman–Crippen LogP) is -0.521. The number of amides is 1. The fourth-order valence-corrected chi connectivity index (χ4v) is 1.30. The Balaban J connectivity index is 2.43. The highest BCUT2D eigenvalue weighted by Gasteiger charge is 2.24. The highest BCUT2D eigenvalue weighted by atomic mass is 16.4. The number of nitrogens with one attached hydrogen (secondary N) is 1. The van der Waals surface area contributed by atoms with Crippen LogP contribution in [0.5, 0.6) is 0 Å². The summed E-state index contributed by atoms with van der Waals surface area (Å²) in [5.74, 6) is -1.60. The van der Waals surface area contributed by atoms with Gasteiger partial charge in [0.1, 0.15) is 6.04 Å². The fourth-order valence-electron chi connectivity index (χ4n) is 1.30. The molecule has 1 rings (SSSR count). The summed E-state index contributed by atoms with van der Waals surface area (Å²) in [6, 6.07) is -0.946. The highest BCUT2D eigenvalue weighted by Crippen LogP contribution is 2.16. The minimum atomic E-state index is -1.04. The Labute approximate surface area is 82.0 Å². The van der Waals surface area contributed by atoms with E-state index in [2.05, 4.69) is 5.32 Å². The lowest BCUT2D eigenvalue weighted by atomic mass is 10.1. The molecule has 0 bridgehead atoms. The number of rotatable bonds is 3. The van der Waals surface area contributed by atoms with E-state index < -0.39 is 12.0 Å². The van der Waals surface area contributed by atoms with Crippen LogP contribution in [0.2, 0.25) is 0 Å². The van der Waals surface area contributed by atoms with E-state index in [1.165, 1.54) is 6.92 Å². The van der Waals surface area contributed by atoms with Crippen LogP contribution >= 0.6 is 0 Å². The van der Waals surface area contributed by atoms with Crippen molar-refractivity contribution in [3.63, 3.8) is 0 Å². The average Bonchev–Trinajstić information content (AvgIpc) is 2.51. The maximum atomic E-state index is 11.4. The van der Waals surface area contributed by atoms with E-state index >= 15 is 0 Å². The zero-order valence-corrected chi connectivity index (χ0v) is 7.93. The standard InChI is InChI=1S/C9H14N2O3/c1-5(9(13)14)11-8(12)6-2-3-7(10)4-6/h2-3,5-7H,4,10H2,1H3,(H,11,12)(H,13,14)/t5-,6?,7?/m1/s1. The van der Waals surface area contributed by atoms with Gasteiger partial charge in [-0.25, -0.2) is 0 Å². The van der Waals surface area contributed by atoms with Crippen molar-refractivity contribution in [2.24, 2.45) is 11.7 Å². The van der Waals surface area contributed by atoms with Crippen molar-refractivity contribution in [3.05, 3.63) is 12.2 Å². The van der Waals surface area contributed by atoms with Gasteiger partial charge >= 0.3 is 5.97 Å². The summed E-state index contributed by atoms with van der Waals surface area (Å²) in [5.41, 5.74) is 5.57. The summed E-state index contributed by atoms with van der Waals surface area (Å²) in [4.78, 5) is 21.9. The number of hydrogen-bond donors (Lipinski definition) is 3. The second-order valence-electron chi connectivity index (χ2n) is 3.46. The summed E-state index contributed by atoms with van der Waals surface area (Å²) < 4.78 is 0. The number of carboxylic acids is 1. The largest absolute Gasteiger partial charge is 0.480 e. The van der Waals surface area contributed by atoms with Crippen LogP contribution in [0.15, 0.2) is 12.2 Å². The van der Waals surface area contributed by atoms with E-state index in [-0.39, 0.29) is 17.9 Å². The lowest BCUT2D eigenvalue weighted by Gasteiger charge is -2.13. The van der Waals surface area contributed by atoms with E-state index in [0.717, 1.165) is 0 Å². The first-order valence-electron chi connectivity index (χ1n) is 4.48. The van der Waals surface area contributed by atoms with Gasteiger partial charge in [0.05, 0.1) is 5.92 Å². The smallest absolute Gasteiger partial charge is 0.325 e. The lowest BCUT2D eigenvalue weighted by molar-refractivity contribution is -0.141. The first kappa shape index (κ1) is 10.7. The normalized spacial score (nSPS) is 27.3. The number of carboxylic acid groups (broad SMARTS) is 1. The quantitative estimate of drug-likeness (QED) is 0.532. The monoisotopic (exact) mass is 198 g/mol. The van der Waals surface area contributed by atoms with Crippen LogP contribution in [-0.4, -0.2) is 29.1 Å². The molecule has 2 unspecified atom stereocenters. The van der Waals surface area contributed by atoms with Crippen molar-refractivity contribution in [2.75, 3.05) is 0 Å². The van der Waals surface area contributed by atoms with Gasteiger partial charge < -0.3 is 16.2 Å². The van der Waals surface area contributed by atoms with Crippen LogP contribution in [0.3, 0.4) is 0 Å². The van der Waals surface area contributed by atoms with Crippen molar-refractivity contribution in [1.82, 2.24) is 5.32 Å². The topological polar surface area (TPSA) is 92.4 Å². The second-order valence-corrected chi connectivity index (χ2v) is 3.46. The van der Waals surface area contributed by atoms with Gasteiger partial charge in [-0.15, -0.1) is 0 Å².